The van der Waals surface area contributed by atoms with Gasteiger partial charge in [-0.3, -0.25) is 0 Å². The highest BCUT2D eigenvalue weighted by molar-refractivity contribution is 5.36. The normalized spacial score (nSPS) is 9.81. The molecule has 16 heavy (non-hydrogen) atoms. The molecular weight excluding hydrogens is 200 g/mol. The third kappa shape index (κ3) is 2.76. The third-order valence-electron chi connectivity index (χ3n) is 2.10. The van der Waals surface area contributed by atoms with Gasteiger partial charge in [0, 0.05) is 6.07 Å². The molecule has 0 aromatic heterocycles. The summed E-state index contributed by atoms with van der Waals surface area (Å²) in [6, 6.07) is 17.3. The number of rotatable bonds is 4. The molecular formula is C14H14O2. The first kappa shape index (κ1) is 10.6. The van der Waals surface area contributed by atoms with E-state index in [9.17, 15) is 0 Å². The van der Waals surface area contributed by atoms with E-state index < -0.39 is 0 Å². The average Bonchev–Trinajstić information content (AvgIpc) is 2.31. The van der Waals surface area contributed by atoms with Gasteiger partial charge in [-0.2, -0.15) is 0 Å². The molecule has 0 aliphatic heterocycles. The zero-order valence-corrected chi connectivity index (χ0v) is 9.22. The van der Waals surface area contributed by atoms with Crippen molar-refractivity contribution in [2.24, 2.45) is 0 Å². The minimum absolute atomic E-state index is 0.661. The second kappa shape index (κ2) is 5.21. The molecule has 0 atom stereocenters. The van der Waals surface area contributed by atoms with E-state index in [4.69, 9.17) is 9.47 Å². The van der Waals surface area contributed by atoms with Crippen LogP contribution in [-0.4, -0.2) is 6.61 Å². The summed E-state index contributed by atoms with van der Waals surface area (Å²) in [6.45, 7) is 2.62. The fourth-order valence-corrected chi connectivity index (χ4v) is 1.42. The molecule has 2 aromatic rings. The Morgan fingerprint density at radius 3 is 2.25 bits per heavy atom. The smallest absolute Gasteiger partial charge is 0.131 e. The van der Waals surface area contributed by atoms with E-state index in [1.54, 1.807) is 0 Å². The van der Waals surface area contributed by atoms with E-state index in [1.807, 2.05) is 61.5 Å². The Morgan fingerprint density at radius 1 is 0.812 bits per heavy atom. The standard InChI is InChI=1S/C14H14O2/c1-2-15-13-9-6-10-14(11-13)16-12-7-4-3-5-8-12/h3-11H,2H2,1H3. The highest BCUT2D eigenvalue weighted by Gasteiger charge is 1.98. The van der Waals surface area contributed by atoms with E-state index in [0.717, 1.165) is 17.2 Å². The molecule has 0 fully saturated rings. The zero-order chi connectivity index (χ0) is 11.2. The topological polar surface area (TPSA) is 18.5 Å². The van der Waals surface area contributed by atoms with Gasteiger partial charge in [0.15, 0.2) is 0 Å². The van der Waals surface area contributed by atoms with Crippen LogP contribution in [0.2, 0.25) is 0 Å². The lowest BCUT2D eigenvalue weighted by Crippen LogP contribution is -1.91. The summed E-state index contributed by atoms with van der Waals surface area (Å²) in [5, 5.41) is 0. The number of benzene rings is 2. The summed E-state index contributed by atoms with van der Waals surface area (Å²) < 4.78 is 11.1. The van der Waals surface area contributed by atoms with Crippen LogP contribution in [0.25, 0.3) is 0 Å². The van der Waals surface area contributed by atoms with E-state index in [0.29, 0.717) is 6.61 Å². The quantitative estimate of drug-likeness (QED) is 0.769. The van der Waals surface area contributed by atoms with Crippen LogP contribution >= 0.6 is 0 Å². The lowest BCUT2D eigenvalue weighted by Gasteiger charge is -2.07. The van der Waals surface area contributed by atoms with Crippen molar-refractivity contribution in [1.29, 1.82) is 0 Å². The van der Waals surface area contributed by atoms with Crippen LogP contribution in [0.1, 0.15) is 6.92 Å². The molecule has 0 unspecified atom stereocenters. The summed E-state index contributed by atoms with van der Waals surface area (Å²) in [6.07, 6.45) is 0. The van der Waals surface area contributed by atoms with Gasteiger partial charge in [-0.05, 0) is 31.2 Å². The van der Waals surface area contributed by atoms with E-state index in [2.05, 4.69) is 0 Å². The van der Waals surface area contributed by atoms with Gasteiger partial charge in [0.1, 0.15) is 17.2 Å². The maximum Gasteiger partial charge on any atom is 0.131 e. The van der Waals surface area contributed by atoms with Gasteiger partial charge in [0.05, 0.1) is 6.61 Å². The molecule has 2 aromatic carbocycles. The van der Waals surface area contributed by atoms with Gasteiger partial charge in [0.2, 0.25) is 0 Å². The molecule has 0 heterocycles. The zero-order valence-electron chi connectivity index (χ0n) is 9.22. The molecule has 2 rings (SSSR count). The largest absolute Gasteiger partial charge is 0.494 e. The molecule has 2 nitrogen and oxygen atoms in total. The molecule has 0 N–H and O–H groups in total. The van der Waals surface area contributed by atoms with Crippen molar-refractivity contribution in [2.45, 2.75) is 6.92 Å². The molecule has 0 amide bonds. The molecule has 0 radical (unpaired) electrons. The first-order chi connectivity index (χ1) is 7.88. The van der Waals surface area contributed by atoms with Crippen LogP contribution in [-0.2, 0) is 0 Å². The maximum absolute atomic E-state index is 5.69. The van der Waals surface area contributed by atoms with E-state index >= 15 is 0 Å². The van der Waals surface area contributed by atoms with Gasteiger partial charge in [-0.1, -0.05) is 24.3 Å². The Balaban J connectivity index is 2.12. The predicted molar refractivity (Wildman–Crippen MR) is 64.1 cm³/mol. The van der Waals surface area contributed by atoms with Crippen LogP contribution in [0.15, 0.2) is 54.6 Å². The van der Waals surface area contributed by atoms with Crippen molar-refractivity contribution in [3.05, 3.63) is 54.6 Å². The highest BCUT2D eigenvalue weighted by atomic mass is 16.5. The van der Waals surface area contributed by atoms with Crippen molar-refractivity contribution in [3.63, 3.8) is 0 Å². The fourth-order valence-electron chi connectivity index (χ4n) is 1.42. The number of ether oxygens (including phenoxy) is 2. The average molecular weight is 214 g/mol. The van der Waals surface area contributed by atoms with Gasteiger partial charge in [-0.25, -0.2) is 0 Å². The molecule has 2 heteroatoms. The number of hydrogen-bond donors (Lipinski definition) is 0. The molecule has 0 saturated carbocycles. The summed E-state index contributed by atoms with van der Waals surface area (Å²) >= 11 is 0. The minimum Gasteiger partial charge on any atom is -0.494 e. The van der Waals surface area contributed by atoms with Crippen molar-refractivity contribution < 1.29 is 9.47 Å². The first-order valence-corrected chi connectivity index (χ1v) is 5.34. The molecule has 0 aliphatic rings. The predicted octanol–water partition coefficient (Wildman–Crippen LogP) is 3.88. The van der Waals surface area contributed by atoms with Crippen molar-refractivity contribution in [3.8, 4) is 17.2 Å². The van der Waals surface area contributed by atoms with Crippen LogP contribution < -0.4 is 9.47 Å². The summed E-state index contributed by atoms with van der Waals surface area (Å²) in [5.74, 6) is 2.45. The van der Waals surface area contributed by atoms with Gasteiger partial charge in [0.25, 0.3) is 0 Å². The van der Waals surface area contributed by atoms with Crippen LogP contribution in [0.5, 0.6) is 17.2 Å². The SMILES string of the molecule is CCOc1cccc(Oc2ccccc2)c1. The Labute approximate surface area is 95.4 Å². The van der Waals surface area contributed by atoms with Crippen molar-refractivity contribution in [1.82, 2.24) is 0 Å². The summed E-state index contributed by atoms with van der Waals surface area (Å²) in [4.78, 5) is 0. The van der Waals surface area contributed by atoms with Gasteiger partial charge >= 0.3 is 0 Å². The van der Waals surface area contributed by atoms with E-state index in [-0.39, 0.29) is 0 Å². The third-order valence-corrected chi connectivity index (χ3v) is 2.10. The summed E-state index contributed by atoms with van der Waals surface area (Å²) in [7, 11) is 0. The van der Waals surface area contributed by atoms with Crippen molar-refractivity contribution >= 4 is 0 Å². The Hall–Kier alpha value is -1.96. The molecule has 0 aliphatic carbocycles. The molecule has 0 saturated heterocycles. The fraction of sp³-hybridized carbons (Fsp3) is 0.143. The highest BCUT2D eigenvalue weighted by Crippen LogP contribution is 2.24. The van der Waals surface area contributed by atoms with Crippen molar-refractivity contribution in [2.75, 3.05) is 6.61 Å². The molecule has 0 bridgehead atoms. The van der Waals surface area contributed by atoms with Gasteiger partial charge in [-0.15, -0.1) is 0 Å². The van der Waals surface area contributed by atoms with Crippen LogP contribution in [0, 0.1) is 0 Å². The second-order valence-corrected chi connectivity index (χ2v) is 3.32. The van der Waals surface area contributed by atoms with Crippen LogP contribution in [0.4, 0.5) is 0 Å². The first-order valence-electron chi connectivity index (χ1n) is 5.34. The minimum atomic E-state index is 0.661. The lowest BCUT2D eigenvalue weighted by molar-refractivity contribution is 0.338. The maximum atomic E-state index is 5.69. The van der Waals surface area contributed by atoms with Crippen LogP contribution in [0.3, 0.4) is 0 Å². The monoisotopic (exact) mass is 214 g/mol. The Bertz CT molecular complexity index is 437. The lowest BCUT2D eigenvalue weighted by atomic mass is 10.3. The second-order valence-electron chi connectivity index (χ2n) is 3.32. The Kier molecular flexibility index (Phi) is 3.44. The number of hydrogen-bond acceptors (Lipinski definition) is 2. The molecule has 0 spiro atoms. The van der Waals surface area contributed by atoms with E-state index in [1.165, 1.54) is 0 Å². The number of para-hydroxylation sites is 1. The van der Waals surface area contributed by atoms with Gasteiger partial charge < -0.3 is 9.47 Å². The summed E-state index contributed by atoms with van der Waals surface area (Å²) in [5.41, 5.74) is 0. The Morgan fingerprint density at radius 2 is 1.50 bits per heavy atom. The molecule has 82 valence electrons.